The second kappa shape index (κ2) is 6.81. The Bertz CT molecular complexity index is 741. The molecule has 1 aromatic heterocycles. The van der Waals surface area contributed by atoms with E-state index in [4.69, 9.17) is 9.52 Å². The molecule has 0 unspecified atom stereocenters. The number of Topliss-reactive ketones (excluding diaryl/α,β-unsaturated/α-hetero) is 1. The maximum atomic E-state index is 12.2. The van der Waals surface area contributed by atoms with Gasteiger partial charge in [-0.15, -0.1) is 11.8 Å². The molecule has 2 aromatic carbocycles. The first-order valence-corrected chi connectivity index (χ1v) is 8.20. The van der Waals surface area contributed by atoms with Crippen LogP contribution in [0.25, 0.3) is 11.0 Å². The van der Waals surface area contributed by atoms with Gasteiger partial charge < -0.3 is 9.52 Å². The molecule has 0 radical (unpaired) electrons. The zero-order chi connectivity index (χ0) is 15.4. The minimum atomic E-state index is 0.00757. The SMILES string of the molecule is O=C(CSCc1ccc(CO)cc1)c1cc2ccccc2o1. The van der Waals surface area contributed by atoms with Crippen LogP contribution in [0.5, 0.6) is 0 Å². The Kier molecular flexibility index (Phi) is 4.61. The molecule has 0 atom stereocenters. The van der Waals surface area contributed by atoms with Gasteiger partial charge in [0.2, 0.25) is 5.78 Å². The van der Waals surface area contributed by atoms with E-state index in [-0.39, 0.29) is 12.4 Å². The summed E-state index contributed by atoms with van der Waals surface area (Å²) < 4.78 is 5.57. The van der Waals surface area contributed by atoms with Crippen molar-refractivity contribution >= 4 is 28.5 Å². The second-order valence-electron chi connectivity index (χ2n) is 5.04. The van der Waals surface area contributed by atoms with Crippen molar-refractivity contribution in [2.75, 3.05) is 5.75 Å². The summed E-state index contributed by atoms with van der Waals surface area (Å²) in [6.07, 6.45) is 0. The van der Waals surface area contributed by atoms with Gasteiger partial charge in [0.05, 0.1) is 12.4 Å². The lowest BCUT2D eigenvalue weighted by Crippen LogP contribution is -2.00. The first kappa shape index (κ1) is 14.9. The number of aliphatic hydroxyl groups is 1. The molecule has 0 amide bonds. The fourth-order valence-corrected chi connectivity index (χ4v) is 3.05. The van der Waals surface area contributed by atoms with Crippen molar-refractivity contribution in [1.29, 1.82) is 0 Å². The van der Waals surface area contributed by atoms with Crippen LogP contribution >= 0.6 is 11.8 Å². The molecule has 0 aliphatic carbocycles. The Morgan fingerprint density at radius 1 is 1.05 bits per heavy atom. The van der Waals surface area contributed by atoms with Crippen LogP contribution < -0.4 is 0 Å². The second-order valence-corrected chi connectivity index (χ2v) is 6.02. The third kappa shape index (κ3) is 3.40. The van der Waals surface area contributed by atoms with Crippen molar-refractivity contribution in [3.8, 4) is 0 Å². The number of rotatable bonds is 6. The summed E-state index contributed by atoms with van der Waals surface area (Å²) >= 11 is 1.56. The van der Waals surface area contributed by atoms with Crippen LogP contribution in [0.1, 0.15) is 21.7 Å². The van der Waals surface area contributed by atoms with Gasteiger partial charge in [-0.2, -0.15) is 0 Å². The molecule has 0 aliphatic rings. The van der Waals surface area contributed by atoms with Crippen molar-refractivity contribution in [1.82, 2.24) is 0 Å². The van der Waals surface area contributed by atoms with Crippen LogP contribution in [0.4, 0.5) is 0 Å². The number of hydrogen-bond donors (Lipinski definition) is 1. The monoisotopic (exact) mass is 312 g/mol. The number of hydrogen-bond acceptors (Lipinski definition) is 4. The lowest BCUT2D eigenvalue weighted by Gasteiger charge is -2.02. The van der Waals surface area contributed by atoms with Crippen LogP contribution in [0.15, 0.2) is 59.0 Å². The van der Waals surface area contributed by atoms with Crippen LogP contribution in [0, 0.1) is 0 Å². The number of benzene rings is 2. The van der Waals surface area contributed by atoms with E-state index in [1.807, 2.05) is 48.5 Å². The minimum Gasteiger partial charge on any atom is -0.453 e. The number of fused-ring (bicyclic) bond motifs is 1. The molecule has 0 aliphatic heterocycles. The molecule has 3 rings (SSSR count). The van der Waals surface area contributed by atoms with Gasteiger partial charge in [-0.1, -0.05) is 42.5 Å². The Hall–Kier alpha value is -2.04. The molecule has 0 fully saturated rings. The maximum Gasteiger partial charge on any atom is 0.207 e. The zero-order valence-corrected chi connectivity index (χ0v) is 12.8. The van der Waals surface area contributed by atoms with Gasteiger partial charge >= 0.3 is 0 Å². The first-order chi connectivity index (χ1) is 10.8. The number of furan rings is 1. The van der Waals surface area contributed by atoms with E-state index in [1.165, 1.54) is 0 Å². The first-order valence-electron chi connectivity index (χ1n) is 7.04. The number of para-hydroxylation sites is 1. The summed E-state index contributed by atoms with van der Waals surface area (Å²) in [5.41, 5.74) is 2.78. The smallest absolute Gasteiger partial charge is 0.207 e. The van der Waals surface area contributed by atoms with E-state index in [0.717, 1.165) is 27.8 Å². The Morgan fingerprint density at radius 3 is 2.50 bits per heavy atom. The van der Waals surface area contributed by atoms with Gasteiger partial charge in [0, 0.05) is 11.1 Å². The standard InChI is InChI=1S/C18H16O3S/c19-10-13-5-7-14(8-6-13)11-22-12-16(20)18-9-15-3-1-2-4-17(15)21-18/h1-9,19H,10-12H2. The molecule has 0 saturated carbocycles. The molecular formula is C18H16O3S. The number of aliphatic hydroxyl groups excluding tert-OH is 1. The third-order valence-corrected chi connectivity index (χ3v) is 4.41. The van der Waals surface area contributed by atoms with E-state index in [1.54, 1.807) is 17.8 Å². The summed E-state index contributed by atoms with van der Waals surface area (Å²) in [4.78, 5) is 12.2. The van der Waals surface area contributed by atoms with E-state index in [2.05, 4.69) is 0 Å². The molecular weight excluding hydrogens is 296 g/mol. The molecule has 112 valence electrons. The molecule has 1 N–H and O–H groups in total. The van der Waals surface area contributed by atoms with E-state index in [0.29, 0.717) is 11.5 Å². The molecule has 22 heavy (non-hydrogen) atoms. The van der Waals surface area contributed by atoms with Crippen molar-refractivity contribution in [2.24, 2.45) is 0 Å². The number of thioether (sulfide) groups is 1. The fourth-order valence-electron chi connectivity index (χ4n) is 2.19. The predicted octanol–water partition coefficient (Wildman–Crippen LogP) is 4.04. The van der Waals surface area contributed by atoms with Crippen molar-refractivity contribution in [3.05, 3.63) is 71.5 Å². The average Bonchev–Trinajstić information content (AvgIpc) is 2.99. The van der Waals surface area contributed by atoms with Crippen molar-refractivity contribution in [3.63, 3.8) is 0 Å². The lowest BCUT2D eigenvalue weighted by atomic mass is 10.2. The summed E-state index contributed by atoms with van der Waals surface area (Å²) in [5, 5.41) is 9.96. The Morgan fingerprint density at radius 2 is 1.77 bits per heavy atom. The summed E-state index contributed by atoms with van der Waals surface area (Å²) in [6, 6.07) is 17.2. The van der Waals surface area contributed by atoms with E-state index < -0.39 is 0 Å². The normalized spacial score (nSPS) is 11.0. The highest BCUT2D eigenvalue weighted by Crippen LogP contribution is 2.21. The lowest BCUT2D eigenvalue weighted by molar-refractivity contribution is 0.0994. The molecule has 1 heterocycles. The van der Waals surface area contributed by atoms with Crippen molar-refractivity contribution in [2.45, 2.75) is 12.4 Å². The van der Waals surface area contributed by atoms with Crippen LogP contribution in [0.3, 0.4) is 0 Å². The predicted molar refractivity (Wildman–Crippen MR) is 89.1 cm³/mol. The molecule has 0 saturated heterocycles. The van der Waals surface area contributed by atoms with Gasteiger partial charge in [0.15, 0.2) is 5.76 Å². The van der Waals surface area contributed by atoms with Gasteiger partial charge in [-0.05, 0) is 23.3 Å². The molecule has 4 heteroatoms. The molecule has 0 spiro atoms. The van der Waals surface area contributed by atoms with Crippen LogP contribution in [-0.4, -0.2) is 16.6 Å². The topological polar surface area (TPSA) is 50.4 Å². The third-order valence-electron chi connectivity index (χ3n) is 3.41. The van der Waals surface area contributed by atoms with Crippen LogP contribution in [-0.2, 0) is 12.4 Å². The Labute approximate surface area is 133 Å². The fraction of sp³-hybridized carbons (Fsp3) is 0.167. The van der Waals surface area contributed by atoms with Crippen LogP contribution in [0.2, 0.25) is 0 Å². The van der Waals surface area contributed by atoms with Crippen molar-refractivity contribution < 1.29 is 14.3 Å². The Balaban J connectivity index is 1.57. The number of ketones is 1. The maximum absolute atomic E-state index is 12.2. The average molecular weight is 312 g/mol. The number of carbonyl (C=O) groups excluding carboxylic acids is 1. The minimum absolute atomic E-state index is 0.00757. The quantitative estimate of drug-likeness (QED) is 0.698. The summed E-state index contributed by atoms with van der Waals surface area (Å²) in [5.74, 6) is 1.58. The molecule has 0 bridgehead atoms. The highest BCUT2D eigenvalue weighted by molar-refractivity contribution is 7.99. The highest BCUT2D eigenvalue weighted by atomic mass is 32.2. The summed E-state index contributed by atoms with van der Waals surface area (Å²) in [6.45, 7) is 0.0535. The van der Waals surface area contributed by atoms with Gasteiger partial charge in [-0.25, -0.2) is 0 Å². The van der Waals surface area contributed by atoms with Gasteiger partial charge in [-0.3, -0.25) is 4.79 Å². The van der Waals surface area contributed by atoms with E-state index >= 15 is 0 Å². The zero-order valence-electron chi connectivity index (χ0n) is 12.0. The van der Waals surface area contributed by atoms with Gasteiger partial charge in [0.25, 0.3) is 0 Å². The number of carbonyl (C=O) groups is 1. The molecule has 3 nitrogen and oxygen atoms in total. The van der Waals surface area contributed by atoms with Gasteiger partial charge in [0.1, 0.15) is 5.58 Å². The largest absolute Gasteiger partial charge is 0.453 e. The van der Waals surface area contributed by atoms with E-state index in [9.17, 15) is 4.79 Å². The highest BCUT2D eigenvalue weighted by Gasteiger charge is 2.12. The molecule has 3 aromatic rings. The summed E-state index contributed by atoms with van der Waals surface area (Å²) in [7, 11) is 0.